The van der Waals surface area contributed by atoms with Gasteiger partial charge in [0.2, 0.25) is 0 Å². The second kappa shape index (κ2) is 11.7. The topological polar surface area (TPSA) is 77.0 Å². The van der Waals surface area contributed by atoms with Gasteiger partial charge in [-0.3, -0.25) is 9.79 Å². The summed E-state index contributed by atoms with van der Waals surface area (Å²) in [6, 6.07) is 8.58. The highest BCUT2D eigenvalue weighted by Gasteiger charge is 2.10. The fourth-order valence-electron chi connectivity index (χ4n) is 2.29. The Morgan fingerprint density at radius 2 is 2.04 bits per heavy atom. The molecule has 0 fully saturated rings. The van der Waals surface area contributed by atoms with E-state index >= 15 is 0 Å². The number of thiophene rings is 1. The maximum Gasteiger partial charge on any atom is 0.255 e. The van der Waals surface area contributed by atoms with Gasteiger partial charge in [-0.05, 0) is 41.4 Å². The van der Waals surface area contributed by atoms with E-state index in [4.69, 9.17) is 0 Å². The fourth-order valence-corrected chi connectivity index (χ4v) is 2.95. The lowest BCUT2D eigenvalue weighted by Gasteiger charge is -2.21. The number of amides is 1. The Morgan fingerprint density at radius 1 is 1.27 bits per heavy atom. The Labute approximate surface area is 175 Å². The van der Waals surface area contributed by atoms with Gasteiger partial charge in [0.15, 0.2) is 5.96 Å². The van der Waals surface area contributed by atoms with Gasteiger partial charge in [-0.1, -0.05) is 12.1 Å². The molecule has 2 rings (SSSR count). The molecule has 0 atom stereocenters. The van der Waals surface area contributed by atoms with Gasteiger partial charge in [0.25, 0.3) is 5.91 Å². The van der Waals surface area contributed by atoms with E-state index < -0.39 is 0 Å². The van der Waals surface area contributed by atoms with E-state index in [2.05, 4.69) is 37.4 Å². The standard InChI is InChI=1S/C18H24N4O2S.HI/c1-3-19-18(22(2)12-14-8-11-25-13-14)21-10-9-20-17(24)15-6-4-5-7-16(15)23;/h4-8,11,13,23H,3,9-10,12H2,1-2H3,(H,19,21)(H,20,24);1H. The summed E-state index contributed by atoms with van der Waals surface area (Å²) in [5.74, 6) is 0.475. The number of aliphatic imine (C=N–C) groups is 1. The molecule has 1 heterocycles. The van der Waals surface area contributed by atoms with Crippen LogP contribution in [-0.2, 0) is 6.54 Å². The zero-order valence-electron chi connectivity index (χ0n) is 14.9. The number of para-hydroxylation sites is 1. The number of guanidine groups is 1. The van der Waals surface area contributed by atoms with Gasteiger partial charge in [0.1, 0.15) is 5.75 Å². The van der Waals surface area contributed by atoms with E-state index in [0.29, 0.717) is 13.1 Å². The number of phenolic OH excluding ortho intramolecular Hbond substituents is 1. The van der Waals surface area contributed by atoms with Gasteiger partial charge in [-0.2, -0.15) is 11.3 Å². The maximum absolute atomic E-state index is 12.0. The second-order valence-corrected chi connectivity index (χ2v) is 6.28. The molecule has 0 saturated carbocycles. The van der Waals surface area contributed by atoms with Crippen molar-refractivity contribution in [1.29, 1.82) is 0 Å². The third-order valence-corrected chi connectivity index (χ3v) is 4.24. The summed E-state index contributed by atoms with van der Waals surface area (Å²) in [5.41, 5.74) is 1.51. The average molecular weight is 488 g/mol. The Balaban J connectivity index is 0.00000338. The number of rotatable bonds is 7. The lowest BCUT2D eigenvalue weighted by Crippen LogP contribution is -2.39. The van der Waals surface area contributed by atoms with Crippen molar-refractivity contribution in [2.45, 2.75) is 13.5 Å². The summed E-state index contributed by atoms with van der Waals surface area (Å²) < 4.78 is 0. The predicted octanol–water partition coefficient (Wildman–Crippen LogP) is 2.90. The molecule has 0 aliphatic rings. The first-order valence-corrected chi connectivity index (χ1v) is 9.12. The smallest absolute Gasteiger partial charge is 0.255 e. The summed E-state index contributed by atoms with van der Waals surface area (Å²) in [5, 5.41) is 19.9. The Bertz CT molecular complexity index is 707. The van der Waals surface area contributed by atoms with E-state index in [1.54, 1.807) is 29.5 Å². The molecule has 26 heavy (non-hydrogen) atoms. The summed E-state index contributed by atoms with van der Waals surface area (Å²) in [6.45, 7) is 4.43. The minimum absolute atomic E-state index is 0. The number of nitrogens with zero attached hydrogens (tertiary/aromatic N) is 2. The first-order valence-electron chi connectivity index (χ1n) is 8.18. The maximum atomic E-state index is 12.0. The molecule has 1 aromatic carbocycles. The summed E-state index contributed by atoms with van der Waals surface area (Å²) in [6.07, 6.45) is 0. The number of halogens is 1. The largest absolute Gasteiger partial charge is 0.507 e. The SMILES string of the molecule is CCNC(=NCCNC(=O)c1ccccc1O)N(C)Cc1ccsc1.I. The lowest BCUT2D eigenvalue weighted by molar-refractivity contribution is 0.0952. The fraction of sp³-hybridized carbons (Fsp3) is 0.333. The van der Waals surface area contributed by atoms with E-state index in [1.165, 1.54) is 11.6 Å². The molecule has 0 saturated heterocycles. The number of aromatic hydroxyl groups is 1. The Kier molecular flexibility index (Phi) is 10.0. The predicted molar refractivity (Wildman–Crippen MR) is 118 cm³/mol. The van der Waals surface area contributed by atoms with Crippen LogP contribution in [0, 0.1) is 0 Å². The van der Waals surface area contributed by atoms with Crippen molar-refractivity contribution in [2.75, 3.05) is 26.7 Å². The van der Waals surface area contributed by atoms with Gasteiger partial charge in [0, 0.05) is 26.7 Å². The van der Waals surface area contributed by atoms with Crippen LogP contribution in [0.5, 0.6) is 5.75 Å². The van der Waals surface area contributed by atoms with Crippen molar-refractivity contribution >= 4 is 47.2 Å². The number of hydrogen-bond donors (Lipinski definition) is 3. The third kappa shape index (κ3) is 6.83. The zero-order valence-corrected chi connectivity index (χ0v) is 18.1. The van der Waals surface area contributed by atoms with E-state index in [1.807, 2.05) is 14.0 Å². The summed E-state index contributed by atoms with van der Waals surface area (Å²) in [4.78, 5) is 18.6. The quantitative estimate of drug-likeness (QED) is 0.243. The van der Waals surface area contributed by atoms with Crippen molar-refractivity contribution in [1.82, 2.24) is 15.5 Å². The van der Waals surface area contributed by atoms with Crippen molar-refractivity contribution in [3.63, 3.8) is 0 Å². The van der Waals surface area contributed by atoms with Gasteiger partial charge < -0.3 is 20.6 Å². The molecule has 2 aromatic rings. The Hall–Kier alpha value is -1.81. The molecule has 6 nitrogen and oxygen atoms in total. The van der Waals surface area contributed by atoms with Crippen LogP contribution in [0.4, 0.5) is 0 Å². The average Bonchev–Trinajstić information content (AvgIpc) is 3.10. The minimum atomic E-state index is -0.301. The molecule has 1 amide bonds. The van der Waals surface area contributed by atoms with E-state index in [9.17, 15) is 9.90 Å². The molecular formula is C18H25IN4O2S. The molecule has 8 heteroatoms. The molecule has 3 N–H and O–H groups in total. The normalized spacial score (nSPS) is 10.8. The molecule has 1 aromatic heterocycles. The van der Waals surface area contributed by atoms with E-state index in [0.717, 1.165) is 19.0 Å². The van der Waals surface area contributed by atoms with Crippen LogP contribution in [0.1, 0.15) is 22.8 Å². The summed E-state index contributed by atoms with van der Waals surface area (Å²) >= 11 is 1.68. The monoisotopic (exact) mass is 488 g/mol. The number of carbonyl (C=O) groups excluding carboxylic acids is 1. The molecule has 0 spiro atoms. The minimum Gasteiger partial charge on any atom is -0.507 e. The van der Waals surface area contributed by atoms with Crippen molar-refractivity contribution < 1.29 is 9.90 Å². The van der Waals surface area contributed by atoms with Crippen molar-refractivity contribution in [3.8, 4) is 5.75 Å². The molecule has 0 radical (unpaired) electrons. The van der Waals surface area contributed by atoms with Crippen molar-refractivity contribution in [2.24, 2.45) is 4.99 Å². The van der Waals surface area contributed by atoms with Gasteiger partial charge in [0.05, 0.1) is 12.1 Å². The van der Waals surface area contributed by atoms with Crippen molar-refractivity contribution in [3.05, 3.63) is 52.2 Å². The van der Waals surface area contributed by atoms with Crippen LogP contribution in [0.15, 0.2) is 46.1 Å². The van der Waals surface area contributed by atoms with Gasteiger partial charge >= 0.3 is 0 Å². The van der Waals surface area contributed by atoms with Crippen LogP contribution in [0.2, 0.25) is 0 Å². The van der Waals surface area contributed by atoms with Gasteiger partial charge in [-0.25, -0.2) is 0 Å². The summed E-state index contributed by atoms with van der Waals surface area (Å²) in [7, 11) is 1.99. The highest BCUT2D eigenvalue weighted by atomic mass is 127. The van der Waals surface area contributed by atoms with Crippen LogP contribution in [0.3, 0.4) is 0 Å². The third-order valence-electron chi connectivity index (χ3n) is 3.50. The lowest BCUT2D eigenvalue weighted by atomic mass is 10.2. The van der Waals surface area contributed by atoms with E-state index in [-0.39, 0.29) is 41.2 Å². The Morgan fingerprint density at radius 3 is 2.69 bits per heavy atom. The molecule has 142 valence electrons. The number of phenols is 1. The van der Waals surface area contributed by atoms with Crippen LogP contribution in [0.25, 0.3) is 0 Å². The molecule has 0 bridgehead atoms. The second-order valence-electron chi connectivity index (χ2n) is 5.50. The van der Waals surface area contributed by atoms with Crippen LogP contribution >= 0.6 is 35.3 Å². The molecule has 0 aliphatic heterocycles. The molecular weight excluding hydrogens is 463 g/mol. The molecule has 0 unspecified atom stereocenters. The first kappa shape index (κ1) is 22.2. The molecule has 0 aliphatic carbocycles. The number of hydrogen-bond acceptors (Lipinski definition) is 4. The zero-order chi connectivity index (χ0) is 18.1. The van der Waals surface area contributed by atoms with Crippen LogP contribution < -0.4 is 10.6 Å². The first-order chi connectivity index (χ1) is 12.1. The number of benzene rings is 1. The van der Waals surface area contributed by atoms with Gasteiger partial charge in [-0.15, -0.1) is 24.0 Å². The number of nitrogens with one attached hydrogen (secondary N) is 2. The number of carbonyl (C=O) groups is 1. The van der Waals surface area contributed by atoms with Crippen LogP contribution in [-0.4, -0.2) is 48.6 Å². The highest BCUT2D eigenvalue weighted by molar-refractivity contribution is 14.0. The highest BCUT2D eigenvalue weighted by Crippen LogP contribution is 2.14.